The largest absolute Gasteiger partial charge is 0.484 e. The molecule has 0 spiro atoms. The van der Waals surface area contributed by atoms with Crippen LogP contribution in [-0.4, -0.2) is 45.9 Å². The van der Waals surface area contributed by atoms with E-state index in [1.165, 1.54) is 12.5 Å². The molecule has 0 saturated heterocycles. The van der Waals surface area contributed by atoms with Crippen LogP contribution >= 0.6 is 0 Å². The normalized spacial score (nSPS) is 11.3. The lowest BCUT2D eigenvalue weighted by atomic mass is 10.1. The van der Waals surface area contributed by atoms with Gasteiger partial charge in [0.1, 0.15) is 18.1 Å². The first-order valence-electron chi connectivity index (χ1n) is 11.0. The molecular formula is C25H28N4O6S. The lowest BCUT2D eigenvalue weighted by molar-refractivity contribution is -0.123. The summed E-state index contributed by atoms with van der Waals surface area (Å²) in [6.07, 6.45) is 3.99. The summed E-state index contributed by atoms with van der Waals surface area (Å²) in [6.45, 7) is 3.51. The Bertz CT molecular complexity index is 1320. The molecule has 0 bridgehead atoms. The van der Waals surface area contributed by atoms with Crippen LogP contribution in [-0.2, 0) is 26.2 Å². The summed E-state index contributed by atoms with van der Waals surface area (Å²) in [5, 5.41) is 6.58. The molecule has 2 aromatic carbocycles. The predicted octanol–water partition coefficient (Wildman–Crippen LogP) is 2.51. The first-order valence-corrected chi connectivity index (χ1v) is 12.9. The number of benzene rings is 2. The number of nitrogens with zero attached hydrogens (tertiary/aromatic N) is 2. The quantitative estimate of drug-likeness (QED) is 0.300. The van der Waals surface area contributed by atoms with Crippen molar-refractivity contribution in [2.75, 3.05) is 23.7 Å². The fraction of sp³-hybridized carbons (Fsp3) is 0.240. The van der Waals surface area contributed by atoms with Gasteiger partial charge in [-0.2, -0.15) is 5.10 Å². The van der Waals surface area contributed by atoms with Crippen molar-refractivity contribution in [1.82, 2.24) is 10.7 Å². The molecule has 36 heavy (non-hydrogen) atoms. The molecule has 10 nitrogen and oxygen atoms in total. The van der Waals surface area contributed by atoms with E-state index in [0.717, 1.165) is 21.7 Å². The van der Waals surface area contributed by atoms with Gasteiger partial charge in [-0.1, -0.05) is 6.07 Å². The van der Waals surface area contributed by atoms with Gasteiger partial charge in [0.15, 0.2) is 6.61 Å². The minimum Gasteiger partial charge on any atom is -0.484 e. The molecule has 0 atom stereocenters. The molecule has 0 aliphatic rings. The zero-order valence-electron chi connectivity index (χ0n) is 20.2. The number of furan rings is 1. The van der Waals surface area contributed by atoms with Crippen molar-refractivity contribution in [3.63, 3.8) is 0 Å². The maximum atomic E-state index is 12.4. The SMILES string of the molecule is Cc1ccc(N(CC(=O)N/N=C\c2ccc(OCC(=O)NCc3ccco3)cc2)S(C)(=O)=O)cc1C. The average molecular weight is 513 g/mol. The Morgan fingerprint density at radius 3 is 2.44 bits per heavy atom. The molecule has 0 aliphatic carbocycles. The van der Waals surface area contributed by atoms with Crippen LogP contribution in [0.2, 0.25) is 0 Å². The van der Waals surface area contributed by atoms with E-state index in [4.69, 9.17) is 9.15 Å². The van der Waals surface area contributed by atoms with Gasteiger partial charge in [0.05, 0.1) is 31.0 Å². The summed E-state index contributed by atoms with van der Waals surface area (Å²) in [7, 11) is -3.68. The number of hydrogen-bond donors (Lipinski definition) is 2. The Balaban J connectivity index is 1.48. The zero-order chi connectivity index (χ0) is 26.1. The van der Waals surface area contributed by atoms with Crippen LogP contribution < -0.4 is 19.8 Å². The van der Waals surface area contributed by atoms with Crippen LogP contribution in [0.3, 0.4) is 0 Å². The molecule has 0 saturated carbocycles. The standard InChI is InChI=1S/C25H28N4O6S/c1-18-6-9-21(13-19(18)2)29(36(3,32)33)16-24(30)28-27-14-20-7-10-22(11-8-20)35-17-25(31)26-15-23-5-4-12-34-23/h4-14H,15-17H2,1-3H3,(H,26,31)(H,28,30)/b27-14-. The highest BCUT2D eigenvalue weighted by Crippen LogP contribution is 2.21. The summed E-state index contributed by atoms with van der Waals surface area (Å²) in [5.74, 6) is 0.258. The van der Waals surface area contributed by atoms with E-state index in [0.29, 0.717) is 22.8 Å². The third-order valence-corrected chi connectivity index (χ3v) is 6.30. The van der Waals surface area contributed by atoms with Crippen molar-refractivity contribution in [1.29, 1.82) is 0 Å². The molecule has 1 aromatic heterocycles. The maximum absolute atomic E-state index is 12.4. The van der Waals surface area contributed by atoms with E-state index in [2.05, 4.69) is 15.8 Å². The van der Waals surface area contributed by atoms with Crippen LogP contribution in [0.25, 0.3) is 0 Å². The second-order valence-corrected chi connectivity index (χ2v) is 9.95. The van der Waals surface area contributed by atoms with Crippen molar-refractivity contribution in [2.24, 2.45) is 5.10 Å². The molecule has 2 amide bonds. The Kier molecular flexibility index (Phi) is 8.85. The number of sulfonamides is 1. The molecule has 0 radical (unpaired) electrons. The first-order chi connectivity index (χ1) is 17.1. The van der Waals surface area contributed by atoms with E-state index >= 15 is 0 Å². The Morgan fingerprint density at radius 2 is 1.81 bits per heavy atom. The highest BCUT2D eigenvalue weighted by molar-refractivity contribution is 7.92. The first kappa shape index (κ1) is 26.5. The van der Waals surface area contributed by atoms with Gasteiger partial charge in [-0.25, -0.2) is 13.8 Å². The Hall–Kier alpha value is -4.12. The number of hydrazone groups is 1. The van der Waals surface area contributed by atoms with Crippen LogP contribution in [0.15, 0.2) is 70.4 Å². The monoisotopic (exact) mass is 512 g/mol. The van der Waals surface area contributed by atoms with Gasteiger partial charge in [-0.3, -0.25) is 13.9 Å². The number of hydrogen-bond acceptors (Lipinski definition) is 7. The Labute approximate surface area is 210 Å². The smallest absolute Gasteiger partial charge is 0.260 e. The predicted molar refractivity (Wildman–Crippen MR) is 136 cm³/mol. The number of anilines is 1. The van der Waals surface area contributed by atoms with E-state index in [1.807, 2.05) is 13.8 Å². The molecule has 0 fully saturated rings. The van der Waals surface area contributed by atoms with E-state index in [-0.39, 0.29) is 19.1 Å². The number of ether oxygens (including phenoxy) is 1. The lowest BCUT2D eigenvalue weighted by Gasteiger charge is -2.22. The van der Waals surface area contributed by atoms with Gasteiger partial charge in [0.2, 0.25) is 10.0 Å². The molecule has 3 aromatic rings. The fourth-order valence-corrected chi connectivity index (χ4v) is 3.92. The number of amides is 2. The number of nitrogens with one attached hydrogen (secondary N) is 2. The van der Waals surface area contributed by atoms with E-state index in [1.54, 1.807) is 54.6 Å². The van der Waals surface area contributed by atoms with E-state index in [9.17, 15) is 18.0 Å². The molecular weight excluding hydrogens is 484 g/mol. The maximum Gasteiger partial charge on any atom is 0.260 e. The highest BCUT2D eigenvalue weighted by atomic mass is 32.2. The van der Waals surface area contributed by atoms with Gasteiger partial charge in [0, 0.05) is 0 Å². The molecule has 2 N–H and O–H groups in total. The van der Waals surface area contributed by atoms with Crippen molar-refractivity contribution in [2.45, 2.75) is 20.4 Å². The molecule has 190 valence electrons. The van der Waals surface area contributed by atoms with Crippen LogP contribution in [0.1, 0.15) is 22.5 Å². The van der Waals surface area contributed by atoms with Gasteiger partial charge in [0.25, 0.3) is 11.8 Å². The van der Waals surface area contributed by atoms with Gasteiger partial charge < -0.3 is 14.5 Å². The van der Waals surface area contributed by atoms with Crippen LogP contribution in [0.4, 0.5) is 5.69 Å². The molecule has 0 aliphatic heterocycles. The second-order valence-electron chi connectivity index (χ2n) is 8.05. The van der Waals surface area contributed by atoms with Crippen molar-refractivity contribution >= 4 is 33.7 Å². The third kappa shape index (κ3) is 7.98. The second kappa shape index (κ2) is 12.0. The zero-order valence-corrected chi connectivity index (χ0v) is 21.0. The minimum atomic E-state index is -3.68. The van der Waals surface area contributed by atoms with Crippen molar-refractivity contribution < 1.29 is 27.2 Å². The van der Waals surface area contributed by atoms with Gasteiger partial charge in [-0.05, 0) is 79.1 Å². The third-order valence-electron chi connectivity index (χ3n) is 5.16. The van der Waals surface area contributed by atoms with Crippen LogP contribution in [0, 0.1) is 13.8 Å². The van der Waals surface area contributed by atoms with E-state index < -0.39 is 22.5 Å². The number of aryl methyl sites for hydroxylation is 2. The molecule has 3 rings (SSSR count). The summed E-state index contributed by atoms with van der Waals surface area (Å²) < 4.78 is 36.1. The highest BCUT2D eigenvalue weighted by Gasteiger charge is 2.21. The summed E-state index contributed by atoms with van der Waals surface area (Å²) >= 11 is 0. The van der Waals surface area contributed by atoms with Gasteiger partial charge in [-0.15, -0.1) is 0 Å². The summed E-state index contributed by atoms with van der Waals surface area (Å²) in [4.78, 5) is 24.2. The van der Waals surface area contributed by atoms with Gasteiger partial charge >= 0.3 is 0 Å². The topological polar surface area (TPSA) is 130 Å². The van der Waals surface area contributed by atoms with Crippen LogP contribution in [0.5, 0.6) is 5.75 Å². The summed E-state index contributed by atoms with van der Waals surface area (Å²) in [6, 6.07) is 15.4. The van der Waals surface area contributed by atoms with Crippen molar-refractivity contribution in [3.8, 4) is 5.75 Å². The van der Waals surface area contributed by atoms with Crippen molar-refractivity contribution in [3.05, 3.63) is 83.3 Å². The Morgan fingerprint density at radius 1 is 1.06 bits per heavy atom. The fourth-order valence-electron chi connectivity index (χ4n) is 3.07. The molecule has 0 unspecified atom stereocenters. The molecule has 1 heterocycles. The number of rotatable bonds is 11. The number of carbonyl (C=O) groups is 2. The minimum absolute atomic E-state index is 0.151. The number of carbonyl (C=O) groups excluding carboxylic acids is 2. The average Bonchev–Trinajstić information content (AvgIpc) is 3.36. The molecule has 11 heteroatoms. The lowest BCUT2D eigenvalue weighted by Crippen LogP contribution is -2.39. The summed E-state index contributed by atoms with van der Waals surface area (Å²) in [5.41, 5.74) is 5.35.